The smallest absolute Gasteiger partial charge is 0.326 e. The summed E-state index contributed by atoms with van der Waals surface area (Å²) in [6.07, 6.45) is 2.06. The van der Waals surface area contributed by atoms with E-state index in [-0.39, 0.29) is 13.0 Å². The number of hydrogen-bond acceptors (Lipinski definition) is 7. The Balaban J connectivity index is 4.36. The van der Waals surface area contributed by atoms with Gasteiger partial charge in [-0.25, -0.2) is 4.79 Å². The molecule has 132 valence electrons. The normalized spacial score (nSPS) is 12.8. The molecule has 0 aliphatic heterocycles. The fourth-order valence-electron chi connectivity index (χ4n) is 1.48. The Morgan fingerprint density at radius 1 is 1.13 bits per heavy atom. The van der Waals surface area contributed by atoms with E-state index >= 15 is 0 Å². The van der Waals surface area contributed by atoms with Gasteiger partial charge in [-0.15, -0.1) is 0 Å². The lowest BCUT2D eigenvalue weighted by Crippen LogP contribution is -2.53. The molecule has 0 spiro atoms. The van der Waals surface area contributed by atoms with Gasteiger partial charge in [0.05, 0.1) is 19.7 Å². The largest absolute Gasteiger partial charge is 0.480 e. The van der Waals surface area contributed by atoms with Gasteiger partial charge in [0.1, 0.15) is 12.1 Å². The van der Waals surface area contributed by atoms with Gasteiger partial charge in [0.25, 0.3) is 0 Å². The minimum Gasteiger partial charge on any atom is -0.480 e. The zero-order valence-corrected chi connectivity index (χ0v) is 13.5. The van der Waals surface area contributed by atoms with E-state index in [4.69, 9.17) is 15.9 Å². The van der Waals surface area contributed by atoms with Crippen LogP contribution in [0.1, 0.15) is 6.42 Å². The second kappa shape index (κ2) is 11.7. The van der Waals surface area contributed by atoms with Crippen LogP contribution in [0.25, 0.3) is 0 Å². The molecule has 0 fully saturated rings. The number of aliphatic hydroxyl groups is 1. The highest BCUT2D eigenvalue weighted by Crippen LogP contribution is 2.00. The number of nitrogens with two attached hydrogens (primary N) is 1. The van der Waals surface area contributed by atoms with E-state index < -0.39 is 48.9 Å². The minimum absolute atomic E-state index is 0.252. The van der Waals surface area contributed by atoms with Crippen LogP contribution in [0, 0.1) is 0 Å². The molecule has 23 heavy (non-hydrogen) atoms. The number of carboxylic acid groups (broad SMARTS) is 1. The number of carbonyl (C=O) groups is 4. The summed E-state index contributed by atoms with van der Waals surface area (Å²) in [5.74, 6) is -2.70. The molecular formula is C12H22N4O6S. The Morgan fingerprint density at radius 2 is 1.74 bits per heavy atom. The highest BCUT2D eigenvalue weighted by molar-refractivity contribution is 7.98. The van der Waals surface area contributed by atoms with Crippen molar-refractivity contribution < 1.29 is 29.4 Å². The molecule has 0 aromatic carbocycles. The highest BCUT2D eigenvalue weighted by Gasteiger charge is 2.22. The minimum atomic E-state index is -1.23. The average molecular weight is 350 g/mol. The molecule has 0 aliphatic rings. The zero-order chi connectivity index (χ0) is 17.8. The van der Waals surface area contributed by atoms with Gasteiger partial charge in [-0.3, -0.25) is 14.4 Å². The van der Waals surface area contributed by atoms with Crippen molar-refractivity contribution in [1.82, 2.24) is 16.0 Å². The first kappa shape index (κ1) is 21.1. The van der Waals surface area contributed by atoms with Crippen LogP contribution in [-0.2, 0) is 19.2 Å². The van der Waals surface area contributed by atoms with E-state index in [0.717, 1.165) is 0 Å². The van der Waals surface area contributed by atoms with Crippen molar-refractivity contribution in [1.29, 1.82) is 0 Å². The van der Waals surface area contributed by atoms with Gasteiger partial charge in [-0.05, 0) is 18.4 Å². The molecule has 0 aromatic heterocycles. The standard InChI is InChI=1S/C12H22N4O6S/c1-23-3-2-7(12(21)22)15-10(19)5-14-11(20)8(6-17)16-9(18)4-13/h7-8,17H,2-6,13H2,1H3,(H,14,20)(H,15,19)(H,16,18)(H,21,22). The van der Waals surface area contributed by atoms with Crippen molar-refractivity contribution in [2.45, 2.75) is 18.5 Å². The van der Waals surface area contributed by atoms with Crippen molar-refractivity contribution in [3.63, 3.8) is 0 Å². The number of thioether (sulfide) groups is 1. The second-order valence-electron chi connectivity index (χ2n) is 4.46. The Bertz CT molecular complexity index is 434. The van der Waals surface area contributed by atoms with E-state index in [1.54, 1.807) is 0 Å². The summed E-state index contributed by atoms with van der Waals surface area (Å²) in [5, 5.41) is 24.6. The highest BCUT2D eigenvalue weighted by atomic mass is 32.2. The quantitative estimate of drug-likeness (QED) is 0.227. The van der Waals surface area contributed by atoms with Crippen LogP contribution in [0.5, 0.6) is 0 Å². The molecule has 11 heteroatoms. The third-order valence-electron chi connectivity index (χ3n) is 2.69. The Morgan fingerprint density at radius 3 is 2.22 bits per heavy atom. The monoisotopic (exact) mass is 350 g/mol. The Kier molecular flexibility index (Phi) is 10.7. The van der Waals surface area contributed by atoms with Crippen LogP contribution >= 0.6 is 11.8 Å². The van der Waals surface area contributed by atoms with Crippen molar-refractivity contribution in [2.24, 2.45) is 5.73 Å². The fraction of sp³-hybridized carbons (Fsp3) is 0.667. The molecule has 0 bridgehead atoms. The van der Waals surface area contributed by atoms with Gasteiger partial charge in [0.2, 0.25) is 17.7 Å². The lowest BCUT2D eigenvalue weighted by Gasteiger charge is -2.17. The lowest BCUT2D eigenvalue weighted by molar-refractivity contribution is -0.141. The molecular weight excluding hydrogens is 328 g/mol. The SMILES string of the molecule is CSCCC(NC(=O)CNC(=O)C(CO)NC(=O)CN)C(=O)O. The molecule has 2 atom stereocenters. The van der Waals surface area contributed by atoms with Gasteiger partial charge in [0.15, 0.2) is 0 Å². The maximum atomic E-state index is 11.7. The first-order chi connectivity index (χ1) is 10.8. The van der Waals surface area contributed by atoms with Crippen LogP contribution in [0.15, 0.2) is 0 Å². The van der Waals surface area contributed by atoms with Crippen LogP contribution in [0.4, 0.5) is 0 Å². The van der Waals surface area contributed by atoms with Gasteiger partial charge in [-0.2, -0.15) is 11.8 Å². The summed E-state index contributed by atoms with van der Waals surface area (Å²) < 4.78 is 0. The van der Waals surface area contributed by atoms with Crippen molar-refractivity contribution in [3.05, 3.63) is 0 Å². The van der Waals surface area contributed by atoms with Gasteiger partial charge >= 0.3 is 5.97 Å². The van der Waals surface area contributed by atoms with Crippen molar-refractivity contribution in [3.8, 4) is 0 Å². The number of hydrogen-bond donors (Lipinski definition) is 6. The van der Waals surface area contributed by atoms with Crippen LogP contribution < -0.4 is 21.7 Å². The molecule has 2 unspecified atom stereocenters. The topological polar surface area (TPSA) is 171 Å². The molecule has 0 aromatic rings. The summed E-state index contributed by atoms with van der Waals surface area (Å²) in [5.41, 5.74) is 5.07. The summed E-state index contributed by atoms with van der Waals surface area (Å²) in [7, 11) is 0. The van der Waals surface area contributed by atoms with E-state index in [0.29, 0.717) is 5.75 Å². The lowest BCUT2D eigenvalue weighted by atomic mass is 10.2. The first-order valence-corrected chi connectivity index (χ1v) is 8.14. The second-order valence-corrected chi connectivity index (χ2v) is 5.45. The van der Waals surface area contributed by atoms with E-state index in [2.05, 4.69) is 16.0 Å². The molecule has 10 nitrogen and oxygen atoms in total. The fourth-order valence-corrected chi connectivity index (χ4v) is 1.95. The van der Waals surface area contributed by atoms with Crippen molar-refractivity contribution in [2.75, 3.05) is 31.7 Å². The van der Waals surface area contributed by atoms with E-state index in [9.17, 15) is 19.2 Å². The summed E-state index contributed by atoms with van der Waals surface area (Å²) >= 11 is 1.44. The van der Waals surface area contributed by atoms with E-state index in [1.165, 1.54) is 11.8 Å². The summed E-state index contributed by atoms with van der Waals surface area (Å²) in [6, 6.07) is -2.27. The molecule has 0 rings (SSSR count). The molecule has 0 heterocycles. The van der Waals surface area contributed by atoms with E-state index in [1.807, 2.05) is 6.26 Å². The summed E-state index contributed by atoms with van der Waals surface area (Å²) in [4.78, 5) is 45.4. The number of nitrogens with one attached hydrogen (secondary N) is 3. The number of amides is 3. The average Bonchev–Trinajstić information content (AvgIpc) is 2.53. The predicted molar refractivity (Wildman–Crippen MR) is 83.6 cm³/mol. The van der Waals surface area contributed by atoms with Crippen LogP contribution in [0.3, 0.4) is 0 Å². The number of aliphatic hydroxyl groups excluding tert-OH is 1. The maximum Gasteiger partial charge on any atom is 0.326 e. The molecule has 0 saturated carbocycles. The van der Waals surface area contributed by atoms with Crippen molar-refractivity contribution >= 4 is 35.5 Å². The number of rotatable bonds is 11. The van der Waals surface area contributed by atoms with Gasteiger partial charge in [0, 0.05) is 0 Å². The zero-order valence-electron chi connectivity index (χ0n) is 12.7. The van der Waals surface area contributed by atoms with Crippen LogP contribution in [-0.4, -0.2) is 77.7 Å². The molecule has 0 saturated heterocycles. The number of carbonyl (C=O) groups excluding carboxylic acids is 3. The number of carboxylic acids is 1. The Hall–Kier alpha value is -1.85. The molecule has 0 radical (unpaired) electrons. The molecule has 3 amide bonds. The number of aliphatic carboxylic acids is 1. The first-order valence-electron chi connectivity index (χ1n) is 6.74. The van der Waals surface area contributed by atoms with Gasteiger partial charge < -0.3 is 31.9 Å². The van der Waals surface area contributed by atoms with Gasteiger partial charge in [-0.1, -0.05) is 0 Å². The predicted octanol–water partition coefficient (Wildman–Crippen LogP) is -3.14. The maximum absolute atomic E-state index is 11.7. The molecule has 0 aliphatic carbocycles. The Labute approximate surface area is 137 Å². The molecule has 7 N–H and O–H groups in total. The summed E-state index contributed by atoms with van der Waals surface area (Å²) in [6.45, 7) is -1.48. The van der Waals surface area contributed by atoms with Crippen LogP contribution in [0.2, 0.25) is 0 Å². The third-order valence-corrected chi connectivity index (χ3v) is 3.33. The third kappa shape index (κ3) is 9.01.